The molecule has 8 nitrogen and oxygen atoms in total. The first-order valence-corrected chi connectivity index (χ1v) is 11.5. The Morgan fingerprint density at radius 1 is 1.17 bits per heavy atom. The first-order valence-electron chi connectivity index (χ1n) is 11.1. The van der Waals surface area contributed by atoms with Crippen molar-refractivity contribution in [1.29, 1.82) is 0 Å². The zero-order valence-electron chi connectivity index (χ0n) is 19.1. The fourth-order valence-corrected chi connectivity index (χ4v) is 4.37. The molecule has 3 heterocycles. The van der Waals surface area contributed by atoms with E-state index in [4.69, 9.17) is 16.3 Å². The third-order valence-electron chi connectivity index (χ3n) is 5.79. The van der Waals surface area contributed by atoms with Gasteiger partial charge in [0.1, 0.15) is 11.6 Å². The lowest BCUT2D eigenvalue weighted by Crippen LogP contribution is -2.31. The number of para-hydroxylation sites is 1. The second-order valence-corrected chi connectivity index (χ2v) is 8.48. The number of benzene rings is 2. The number of ether oxygens (including phenoxy) is 1. The molecule has 2 amide bonds. The zero-order valence-corrected chi connectivity index (χ0v) is 19.9. The highest BCUT2D eigenvalue weighted by Crippen LogP contribution is 2.41. The van der Waals surface area contributed by atoms with Gasteiger partial charge >= 0.3 is 0 Å². The number of halogens is 2. The summed E-state index contributed by atoms with van der Waals surface area (Å²) in [5.41, 5.74) is 4.03. The van der Waals surface area contributed by atoms with Crippen LogP contribution in [0.15, 0.2) is 60.8 Å². The van der Waals surface area contributed by atoms with E-state index in [1.54, 1.807) is 36.5 Å². The summed E-state index contributed by atoms with van der Waals surface area (Å²) in [5, 5.41) is 9.35. The number of anilines is 3. The van der Waals surface area contributed by atoms with Crippen LogP contribution in [0.1, 0.15) is 26.4 Å². The van der Waals surface area contributed by atoms with E-state index in [1.807, 2.05) is 0 Å². The summed E-state index contributed by atoms with van der Waals surface area (Å²) in [5.74, 6) is -0.320. The molecule has 1 aliphatic rings. The van der Waals surface area contributed by atoms with Gasteiger partial charge in [-0.15, -0.1) is 0 Å². The Labute approximate surface area is 210 Å². The molecule has 0 atom stereocenters. The number of carbonyl (C=O) groups is 2. The number of carbonyl (C=O) groups excluding carboxylic acids is 2. The van der Waals surface area contributed by atoms with Gasteiger partial charge in [-0.1, -0.05) is 17.7 Å². The molecule has 5 rings (SSSR count). The van der Waals surface area contributed by atoms with Gasteiger partial charge in [-0.25, -0.2) is 9.37 Å². The molecule has 4 aromatic rings. The lowest BCUT2D eigenvalue weighted by molar-refractivity contribution is 0.0946. The number of aromatic amines is 1. The number of hydrogen-bond acceptors (Lipinski definition) is 5. The smallest absolute Gasteiger partial charge is 0.256 e. The molecule has 0 unspecified atom stereocenters. The maximum Gasteiger partial charge on any atom is 0.256 e. The van der Waals surface area contributed by atoms with E-state index >= 15 is 0 Å². The summed E-state index contributed by atoms with van der Waals surface area (Å²) in [6.45, 7) is 0.515. The molecule has 10 heteroatoms. The van der Waals surface area contributed by atoms with Gasteiger partial charge in [0.05, 0.1) is 34.8 Å². The molecule has 36 heavy (non-hydrogen) atoms. The van der Waals surface area contributed by atoms with Crippen LogP contribution >= 0.6 is 11.6 Å². The van der Waals surface area contributed by atoms with Crippen LogP contribution in [-0.2, 0) is 6.42 Å². The highest BCUT2D eigenvalue weighted by molar-refractivity contribution is 6.32. The molecule has 0 bridgehead atoms. The molecule has 0 saturated carbocycles. The second kappa shape index (κ2) is 9.71. The van der Waals surface area contributed by atoms with E-state index in [0.29, 0.717) is 63.3 Å². The van der Waals surface area contributed by atoms with Gasteiger partial charge < -0.3 is 25.7 Å². The molecule has 4 N–H and O–H groups in total. The summed E-state index contributed by atoms with van der Waals surface area (Å²) in [6, 6.07) is 14.0. The van der Waals surface area contributed by atoms with Crippen LogP contribution in [-0.4, -0.2) is 35.4 Å². The van der Waals surface area contributed by atoms with Crippen LogP contribution in [0.4, 0.5) is 21.6 Å². The van der Waals surface area contributed by atoms with Gasteiger partial charge in [0.2, 0.25) is 0 Å². The number of nitrogens with one attached hydrogen (secondary N) is 4. The fraction of sp³-hybridized carbons (Fsp3) is 0.115. The summed E-state index contributed by atoms with van der Waals surface area (Å²) < 4.78 is 18.7. The fourth-order valence-electron chi connectivity index (χ4n) is 4.11. The predicted molar refractivity (Wildman–Crippen MR) is 136 cm³/mol. The van der Waals surface area contributed by atoms with E-state index in [-0.39, 0.29) is 5.91 Å². The van der Waals surface area contributed by atoms with Crippen molar-refractivity contribution in [3.05, 3.63) is 88.5 Å². The van der Waals surface area contributed by atoms with Gasteiger partial charge in [0.25, 0.3) is 11.8 Å². The quantitative estimate of drug-likeness (QED) is 0.289. The Hall–Kier alpha value is -4.37. The Morgan fingerprint density at radius 2 is 1.97 bits per heavy atom. The molecule has 0 aliphatic carbocycles. The number of pyridine rings is 1. The largest absolute Gasteiger partial charge is 0.493 e. The molecule has 2 aromatic heterocycles. The molecule has 1 aliphatic heterocycles. The van der Waals surface area contributed by atoms with Gasteiger partial charge in [0, 0.05) is 36.0 Å². The SMILES string of the molecule is COc1c(Cl)cccc1Nc1c(-c2ccnc(NC(=O)c3ccc(F)cc3)c2)[nH]c2c1C(=O)NCC2. The average Bonchev–Trinajstić information content (AvgIpc) is 3.24. The van der Waals surface area contributed by atoms with Crippen LogP contribution in [0, 0.1) is 5.82 Å². The van der Waals surface area contributed by atoms with Crippen molar-refractivity contribution in [2.45, 2.75) is 6.42 Å². The van der Waals surface area contributed by atoms with E-state index in [9.17, 15) is 14.0 Å². The van der Waals surface area contributed by atoms with Crippen molar-refractivity contribution in [2.75, 3.05) is 24.3 Å². The summed E-state index contributed by atoms with van der Waals surface area (Å²) >= 11 is 6.31. The van der Waals surface area contributed by atoms with Crippen molar-refractivity contribution >= 4 is 40.6 Å². The topological polar surface area (TPSA) is 108 Å². The summed E-state index contributed by atoms with van der Waals surface area (Å²) in [7, 11) is 1.52. The number of H-pyrrole nitrogens is 1. The molecule has 0 radical (unpaired) electrons. The predicted octanol–water partition coefficient (Wildman–Crippen LogP) is 5.16. The zero-order chi connectivity index (χ0) is 25.2. The van der Waals surface area contributed by atoms with E-state index in [2.05, 4.69) is 25.9 Å². The van der Waals surface area contributed by atoms with E-state index < -0.39 is 11.7 Å². The van der Waals surface area contributed by atoms with Gasteiger partial charge in [-0.2, -0.15) is 0 Å². The molecule has 182 valence electrons. The maximum atomic E-state index is 13.2. The van der Waals surface area contributed by atoms with E-state index in [0.717, 1.165) is 5.69 Å². The minimum atomic E-state index is -0.428. The van der Waals surface area contributed by atoms with Crippen molar-refractivity contribution in [3.63, 3.8) is 0 Å². The Bertz CT molecular complexity index is 1470. The normalized spacial score (nSPS) is 12.5. The minimum Gasteiger partial charge on any atom is -0.493 e. The molecule has 2 aromatic carbocycles. The highest BCUT2D eigenvalue weighted by Gasteiger charge is 2.28. The van der Waals surface area contributed by atoms with Crippen molar-refractivity contribution in [2.24, 2.45) is 0 Å². The number of hydrogen-bond donors (Lipinski definition) is 4. The summed E-state index contributed by atoms with van der Waals surface area (Å²) in [6.07, 6.45) is 2.18. The molecular formula is C26H21ClFN5O3. The van der Waals surface area contributed by atoms with Crippen molar-refractivity contribution in [3.8, 4) is 17.0 Å². The molecule has 0 fully saturated rings. The van der Waals surface area contributed by atoms with Gasteiger partial charge in [-0.3, -0.25) is 9.59 Å². The first-order chi connectivity index (χ1) is 17.4. The third kappa shape index (κ3) is 4.48. The third-order valence-corrected chi connectivity index (χ3v) is 6.09. The van der Waals surface area contributed by atoms with Crippen LogP contribution in [0.25, 0.3) is 11.3 Å². The van der Waals surface area contributed by atoms with Gasteiger partial charge in [0.15, 0.2) is 5.75 Å². The first kappa shape index (κ1) is 23.4. The van der Waals surface area contributed by atoms with Crippen LogP contribution in [0.5, 0.6) is 5.75 Å². The molecule has 0 saturated heterocycles. The lowest BCUT2D eigenvalue weighted by atomic mass is 10.1. The van der Waals surface area contributed by atoms with Crippen LogP contribution in [0.3, 0.4) is 0 Å². The molecule has 0 spiro atoms. The Balaban J connectivity index is 1.54. The van der Waals surface area contributed by atoms with Crippen LogP contribution in [0.2, 0.25) is 5.02 Å². The standard InChI is InChI=1S/C26H21ClFN5O3/c1-36-24-17(27)3-2-4-19(24)32-23-21-18(10-12-30-26(21)35)31-22(23)15-9-11-29-20(13-15)33-25(34)14-5-7-16(28)8-6-14/h2-9,11,13,31-32H,10,12H2,1H3,(H,30,35)(H,29,33,34). The number of fused-ring (bicyclic) bond motifs is 1. The van der Waals surface area contributed by atoms with Crippen LogP contribution < -0.4 is 20.7 Å². The lowest BCUT2D eigenvalue weighted by Gasteiger charge is -2.17. The Morgan fingerprint density at radius 3 is 2.75 bits per heavy atom. The number of amides is 2. The average molecular weight is 506 g/mol. The van der Waals surface area contributed by atoms with Gasteiger partial charge in [-0.05, 0) is 48.5 Å². The highest BCUT2D eigenvalue weighted by atomic mass is 35.5. The second-order valence-electron chi connectivity index (χ2n) is 8.07. The van der Waals surface area contributed by atoms with Crippen molar-refractivity contribution < 1.29 is 18.7 Å². The van der Waals surface area contributed by atoms with E-state index in [1.165, 1.54) is 31.4 Å². The molecular weight excluding hydrogens is 485 g/mol. The number of nitrogens with zero attached hydrogens (tertiary/aromatic N) is 1. The number of rotatable bonds is 6. The monoisotopic (exact) mass is 505 g/mol. The minimum absolute atomic E-state index is 0.207. The summed E-state index contributed by atoms with van der Waals surface area (Å²) in [4.78, 5) is 33.0. The number of methoxy groups -OCH3 is 1. The maximum absolute atomic E-state index is 13.2. The Kier molecular flexibility index (Phi) is 6.30. The number of aromatic nitrogens is 2. The van der Waals surface area contributed by atoms with Crippen molar-refractivity contribution in [1.82, 2.24) is 15.3 Å².